The molecular weight excluding hydrogens is 432 g/mol. The number of fused-ring (bicyclic) bond motifs is 1. The van der Waals surface area contributed by atoms with Crippen LogP contribution in [0, 0.1) is 0 Å². The average molecular weight is 459 g/mol. The topological polar surface area (TPSA) is 77.1 Å². The summed E-state index contributed by atoms with van der Waals surface area (Å²) in [4.78, 5) is 26.8. The van der Waals surface area contributed by atoms with Crippen molar-refractivity contribution in [3.8, 4) is 17.2 Å². The summed E-state index contributed by atoms with van der Waals surface area (Å²) in [6.45, 7) is 0.525. The van der Waals surface area contributed by atoms with Crippen LogP contribution in [-0.2, 0) is 16.0 Å². The van der Waals surface area contributed by atoms with Crippen molar-refractivity contribution in [3.63, 3.8) is 0 Å². The maximum absolute atomic E-state index is 12.6. The van der Waals surface area contributed by atoms with Crippen molar-refractivity contribution < 1.29 is 23.8 Å². The van der Waals surface area contributed by atoms with E-state index in [9.17, 15) is 9.59 Å². The van der Waals surface area contributed by atoms with Crippen LogP contribution < -0.4 is 24.4 Å². The zero-order valence-electron chi connectivity index (χ0n) is 19.1. The monoisotopic (exact) mass is 458 g/mol. The van der Waals surface area contributed by atoms with Crippen LogP contribution in [0.25, 0.3) is 6.08 Å². The van der Waals surface area contributed by atoms with E-state index in [0.717, 1.165) is 17.5 Å². The quantitative estimate of drug-likeness (QED) is 0.509. The van der Waals surface area contributed by atoms with E-state index in [1.165, 1.54) is 6.08 Å². The van der Waals surface area contributed by atoms with E-state index in [4.69, 9.17) is 14.2 Å². The molecule has 3 aromatic rings. The molecule has 1 aliphatic rings. The van der Waals surface area contributed by atoms with Gasteiger partial charge >= 0.3 is 0 Å². The van der Waals surface area contributed by atoms with Crippen LogP contribution in [0.3, 0.4) is 0 Å². The van der Waals surface area contributed by atoms with Gasteiger partial charge in [0.1, 0.15) is 5.75 Å². The van der Waals surface area contributed by atoms with Crippen molar-refractivity contribution >= 4 is 29.3 Å². The Balaban J connectivity index is 1.46. The Labute approximate surface area is 198 Å². The molecule has 1 N–H and O–H groups in total. The molecule has 2 amide bonds. The fourth-order valence-electron chi connectivity index (χ4n) is 3.72. The molecule has 0 saturated carbocycles. The molecule has 4 rings (SSSR count). The lowest BCUT2D eigenvalue weighted by Crippen LogP contribution is -2.40. The lowest BCUT2D eigenvalue weighted by Gasteiger charge is -2.30. The Morgan fingerprint density at radius 2 is 1.82 bits per heavy atom. The Kier molecular flexibility index (Phi) is 7.13. The summed E-state index contributed by atoms with van der Waals surface area (Å²) < 4.78 is 16.1. The van der Waals surface area contributed by atoms with Crippen molar-refractivity contribution in [1.29, 1.82) is 0 Å². The van der Waals surface area contributed by atoms with Gasteiger partial charge in [0.15, 0.2) is 18.1 Å². The van der Waals surface area contributed by atoms with Crippen molar-refractivity contribution in [1.82, 2.24) is 0 Å². The number of carbonyl (C=O) groups excluding carboxylic acids is 2. The van der Waals surface area contributed by atoms with Crippen molar-refractivity contribution in [2.24, 2.45) is 0 Å². The number of benzene rings is 3. The normalized spacial score (nSPS) is 12.8. The first kappa shape index (κ1) is 22.9. The standard InChI is InChI=1S/C27H26N2O5/c1-32-24-11-8-20(16-25(24)33-2)9-13-26(30)28-21-10-12-23-22(17-21)29(27(31)18-34-23)15-14-19-6-4-3-5-7-19/h3-13,16-17H,14-15,18H2,1-2H3,(H,28,30)/b13-9+. The number of hydrogen-bond acceptors (Lipinski definition) is 5. The Bertz CT molecular complexity index is 1210. The molecular formula is C27H26N2O5. The van der Waals surface area contributed by atoms with Gasteiger partial charge in [-0.3, -0.25) is 9.59 Å². The summed E-state index contributed by atoms with van der Waals surface area (Å²) in [6, 6.07) is 20.7. The van der Waals surface area contributed by atoms with Gasteiger partial charge in [-0.25, -0.2) is 0 Å². The minimum Gasteiger partial charge on any atom is -0.493 e. The highest BCUT2D eigenvalue weighted by Crippen LogP contribution is 2.35. The van der Waals surface area contributed by atoms with Gasteiger partial charge in [0.05, 0.1) is 19.9 Å². The Morgan fingerprint density at radius 3 is 2.59 bits per heavy atom. The molecule has 0 spiro atoms. The third kappa shape index (κ3) is 5.38. The molecule has 0 radical (unpaired) electrons. The molecule has 0 aliphatic carbocycles. The van der Waals surface area contributed by atoms with E-state index in [0.29, 0.717) is 35.2 Å². The molecule has 34 heavy (non-hydrogen) atoms. The summed E-state index contributed by atoms with van der Waals surface area (Å²) >= 11 is 0. The minimum atomic E-state index is -0.298. The molecule has 0 fully saturated rings. The summed E-state index contributed by atoms with van der Waals surface area (Å²) in [6.07, 6.45) is 3.85. The first-order chi connectivity index (χ1) is 16.6. The number of methoxy groups -OCH3 is 2. The predicted octanol–water partition coefficient (Wildman–Crippen LogP) is 4.32. The second kappa shape index (κ2) is 10.6. The molecule has 0 bridgehead atoms. The van der Waals surface area contributed by atoms with Crippen LogP contribution in [0.15, 0.2) is 72.8 Å². The number of amides is 2. The van der Waals surface area contributed by atoms with Crippen LogP contribution in [-0.4, -0.2) is 39.2 Å². The summed E-state index contributed by atoms with van der Waals surface area (Å²) in [5.41, 5.74) is 3.16. The van der Waals surface area contributed by atoms with Gasteiger partial charge in [-0.1, -0.05) is 36.4 Å². The molecule has 7 nitrogen and oxygen atoms in total. The number of hydrogen-bond donors (Lipinski definition) is 1. The summed E-state index contributed by atoms with van der Waals surface area (Å²) in [5.74, 6) is 1.41. The first-order valence-electron chi connectivity index (χ1n) is 10.9. The molecule has 3 aromatic carbocycles. The second-order valence-corrected chi connectivity index (χ2v) is 7.69. The molecule has 0 atom stereocenters. The third-order valence-corrected chi connectivity index (χ3v) is 5.47. The highest BCUT2D eigenvalue weighted by Gasteiger charge is 2.25. The van der Waals surface area contributed by atoms with E-state index in [1.807, 2.05) is 36.4 Å². The number of ether oxygens (including phenoxy) is 3. The number of rotatable bonds is 8. The van der Waals surface area contributed by atoms with E-state index >= 15 is 0 Å². The van der Waals surface area contributed by atoms with Gasteiger partial charge in [0, 0.05) is 18.3 Å². The summed E-state index contributed by atoms with van der Waals surface area (Å²) in [5, 5.41) is 2.85. The largest absolute Gasteiger partial charge is 0.493 e. The van der Waals surface area contributed by atoms with Gasteiger partial charge < -0.3 is 24.4 Å². The van der Waals surface area contributed by atoms with Gasteiger partial charge in [-0.05, 0) is 54.0 Å². The zero-order chi connectivity index (χ0) is 23.9. The van der Waals surface area contributed by atoms with Crippen LogP contribution in [0.4, 0.5) is 11.4 Å². The van der Waals surface area contributed by atoms with E-state index in [1.54, 1.807) is 55.5 Å². The fraction of sp³-hybridized carbons (Fsp3) is 0.185. The number of carbonyl (C=O) groups is 2. The maximum atomic E-state index is 12.6. The molecule has 0 saturated heterocycles. The Hall–Kier alpha value is -4.26. The minimum absolute atomic E-state index is 0.00154. The van der Waals surface area contributed by atoms with Gasteiger partial charge in [0.2, 0.25) is 5.91 Å². The third-order valence-electron chi connectivity index (χ3n) is 5.47. The number of anilines is 2. The smallest absolute Gasteiger partial charge is 0.265 e. The highest BCUT2D eigenvalue weighted by atomic mass is 16.5. The lowest BCUT2D eigenvalue weighted by atomic mass is 10.1. The highest BCUT2D eigenvalue weighted by molar-refractivity contribution is 6.03. The number of nitrogens with one attached hydrogen (secondary N) is 1. The van der Waals surface area contributed by atoms with E-state index in [2.05, 4.69) is 5.32 Å². The number of nitrogens with zero attached hydrogens (tertiary/aromatic N) is 1. The second-order valence-electron chi connectivity index (χ2n) is 7.69. The molecule has 1 aliphatic heterocycles. The average Bonchev–Trinajstić information content (AvgIpc) is 2.87. The van der Waals surface area contributed by atoms with Crippen LogP contribution in [0.1, 0.15) is 11.1 Å². The van der Waals surface area contributed by atoms with Gasteiger partial charge in [-0.2, -0.15) is 0 Å². The lowest BCUT2D eigenvalue weighted by molar-refractivity contribution is -0.121. The zero-order valence-corrected chi connectivity index (χ0v) is 19.1. The summed E-state index contributed by atoms with van der Waals surface area (Å²) in [7, 11) is 3.13. The van der Waals surface area contributed by atoms with Crippen molar-refractivity contribution in [2.75, 3.05) is 37.6 Å². The van der Waals surface area contributed by atoms with Crippen LogP contribution in [0.5, 0.6) is 17.2 Å². The molecule has 174 valence electrons. The molecule has 0 unspecified atom stereocenters. The molecule has 0 aromatic heterocycles. The van der Waals surface area contributed by atoms with Gasteiger partial charge in [-0.15, -0.1) is 0 Å². The van der Waals surface area contributed by atoms with Crippen molar-refractivity contribution in [3.05, 3.63) is 83.9 Å². The fourth-order valence-corrected chi connectivity index (χ4v) is 3.72. The molecule has 1 heterocycles. The van der Waals surface area contributed by atoms with E-state index in [-0.39, 0.29) is 18.4 Å². The van der Waals surface area contributed by atoms with E-state index < -0.39 is 0 Å². The van der Waals surface area contributed by atoms with Crippen LogP contribution in [0.2, 0.25) is 0 Å². The SMILES string of the molecule is COc1ccc(/C=C/C(=O)Nc2ccc3c(c2)N(CCc2ccccc2)C(=O)CO3)cc1OC. The van der Waals surface area contributed by atoms with Crippen molar-refractivity contribution in [2.45, 2.75) is 6.42 Å². The maximum Gasteiger partial charge on any atom is 0.265 e. The van der Waals surface area contributed by atoms with Crippen LogP contribution >= 0.6 is 0 Å². The van der Waals surface area contributed by atoms with Gasteiger partial charge in [0.25, 0.3) is 5.91 Å². The predicted molar refractivity (Wildman–Crippen MR) is 132 cm³/mol. The molecule has 7 heteroatoms. The first-order valence-corrected chi connectivity index (χ1v) is 10.9. The Morgan fingerprint density at radius 1 is 1.03 bits per heavy atom.